The van der Waals surface area contributed by atoms with Crippen LogP contribution in [0.15, 0.2) is 66.7 Å². The van der Waals surface area contributed by atoms with Crippen LogP contribution < -0.4 is 14.8 Å². The van der Waals surface area contributed by atoms with E-state index in [1.807, 2.05) is 48.5 Å². The van der Waals surface area contributed by atoms with Gasteiger partial charge >= 0.3 is 30.0 Å². The van der Waals surface area contributed by atoms with Crippen LogP contribution in [-0.2, 0) is 44.4 Å². The van der Waals surface area contributed by atoms with Gasteiger partial charge < -0.3 is 48.7 Å². The lowest BCUT2D eigenvalue weighted by atomic mass is 9.70. The average Bonchev–Trinajstić information content (AvgIpc) is 3.49. The maximum atomic E-state index is 12.9. The van der Waals surface area contributed by atoms with Gasteiger partial charge in [-0.1, -0.05) is 75.4 Å². The molecule has 5 rings (SSSR count). The number of carboxylic acids is 3. The van der Waals surface area contributed by atoms with Crippen LogP contribution in [0.3, 0.4) is 0 Å². The lowest BCUT2D eigenvalue weighted by molar-refractivity contribution is -0.273. The van der Waals surface area contributed by atoms with E-state index in [0.29, 0.717) is 5.56 Å². The summed E-state index contributed by atoms with van der Waals surface area (Å²) in [6.07, 6.45) is -3.06. The van der Waals surface area contributed by atoms with Crippen LogP contribution in [0.1, 0.15) is 62.6 Å². The van der Waals surface area contributed by atoms with Crippen LogP contribution in [0.2, 0.25) is 18.1 Å². The van der Waals surface area contributed by atoms with Gasteiger partial charge in [0.1, 0.15) is 19.6 Å². The molecule has 0 spiro atoms. The Kier molecular flexibility index (Phi) is 14.1. The molecule has 1 heterocycles. The van der Waals surface area contributed by atoms with Crippen molar-refractivity contribution in [3.63, 3.8) is 0 Å². The molecule has 2 aliphatic rings. The highest BCUT2D eigenvalue weighted by Gasteiger charge is 2.57. The van der Waals surface area contributed by atoms with Crippen molar-refractivity contribution in [2.75, 3.05) is 33.5 Å². The summed E-state index contributed by atoms with van der Waals surface area (Å²) < 4.78 is 35.5. The first kappa shape index (κ1) is 44.6. The Morgan fingerprint density at radius 2 is 1.49 bits per heavy atom. The van der Waals surface area contributed by atoms with Crippen LogP contribution in [-0.4, -0.2) is 92.9 Å². The van der Waals surface area contributed by atoms with Crippen molar-refractivity contribution in [2.24, 2.45) is 17.8 Å². The molecule has 59 heavy (non-hydrogen) atoms. The van der Waals surface area contributed by atoms with Gasteiger partial charge in [0, 0.05) is 18.3 Å². The van der Waals surface area contributed by atoms with E-state index in [-0.39, 0.29) is 48.8 Å². The molecule has 1 amide bonds. The predicted octanol–water partition coefficient (Wildman–Crippen LogP) is 6.68. The molecule has 1 saturated heterocycles. The summed E-state index contributed by atoms with van der Waals surface area (Å²) in [4.78, 5) is 62.5. The Morgan fingerprint density at radius 3 is 2.07 bits per heavy atom. The minimum Gasteiger partial charge on any atom is -0.488 e. The Balaban J connectivity index is 1.38. The van der Waals surface area contributed by atoms with E-state index in [4.69, 9.17) is 28.1 Å². The number of carbonyl (C=O) groups excluding carboxylic acids is 2. The standard InChI is InChI=1S/C43H53NO14Si/c1-42(2,3)59(5,6)57-23-26-15-16-35(58-43(22-39(49)50)34(21-38(47)48)31(20-37(45)46)33(25-56-43)40(51)53-4)36(19-26)54-18-17-44-41(52)55-24-32-29-13-9-7-11-27(29)28-12-8-10-14-30(28)32/h7-16,19,31-34H,17-18,20-25H2,1-6H3,(H,44,52)(H,45,46)(H,47,48)(H,49,50)/t31-,33-,34+,43-/m1/s1. The van der Waals surface area contributed by atoms with E-state index >= 15 is 0 Å². The van der Waals surface area contributed by atoms with Crippen molar-refractivity contribution in [3.05, 3.63) is 83.4 Å². The molecule has 1 aliphatic heterocycles. The second kappa shape index (κ2) is 18.6. The molecule has 1 fully saturated rings. The van der Waals surface area contributed by atoms with Crippen LogP contribution in [0.5, 0.6) is 11.5 Å². The van der Waals surface area contributed by atoms with Gasteiger partial charge in [-0.05, 0) is 64.0 Å². The third-order valence-corrected chi connectivity index (χ3v) is 16.0. The maximum absolute atomic E-state index is 12.9. The van der Waals surface area contributed by atoms with Crippen molar-refractivity contribution < 1.29 is 67.4 Å². The first-order chi connectivity index (χ1) is 27.9. The molecule has 4 atom stereocenters. The number of alkyl carbamates (subject to hydrolysis) is 1. The quantitative estimate of drug-likeness (QED) is 0.0598. The largest absolute Gasteiger partial charge is 0.488 e. The second-order valence-electron chi connectivity index (χ2n) is 16.3. The molecule has 0 unspecified atom stereocenters. The number of hydrogen-bond acceptors (Lipinski definition) is 11. The monoisotopic (exact) mass is 835 g/mol. The van der Waals surface area contributed by atoms with E-state index in [9.17, 15) is 39.3 Å². The Hall–Kier alpha value is -5.45. The molecule has 15 nitrogen and oxygen atoms in total. The van der Waals surface area contributed by atoms with Gasteiger partial charge in [0.05, 0.1) is 39.2 Å². The predicted molar refractivity (Wildman–Crippen MR) is 216 cm³/mol. The molecule has 3 aromatic carbocycles. The summed E-state index contributed by atoms with van der Waals surface area (Å²) in [5.41, 5.74) is 5.00. The van der Waals surface area contributed by atoms with Gasteiger partial charge in [-0.25, -0.2) is 4.79 Å². The normalized spacial score (nSPS) is 20.1. The van der Waals surface area contributed by atoms with E-state index in [1.165, 1.54) is 6.07 Å². The zero-order chi connectivity index (χ0) is 43.1. The number of ether oxygens (including phenoxy) is 5. The van der Waals surface area contributed by atoms with Crippen LogP contribution >= 0.6 is 0 Å². The first-order valence-electron chi connectivity index (χ1n) is 19.4. The highest BCUT2D eigenvalue weighted by Crippen LogP contribution is 2.48. The van der Waals surface area contributed by atoms with E-state index in [0.717, 1.165) is 29.4 Å². The number of carbonyl (C=O) groups is 5. The molecule has 16 heteroatoms. The number of hydrogen-bond donors (Lipinski definition) is 4. The molecule has 1 aliphatic carbocycles. The zero-order valence-corrected chi connectivity index (χ0v) is 35.1. The Morgan fingerprint density at radius 1 is 0.864 bits per heavy atom. The fraction of sp³-hybridized carbons (Fsp3) is 0.465. The second-order valence-corrected chi connectivity index (χ2v) is 21.1. The number of fused-ring (bicyclic) bond motifs is 3. The zero-order valence-electron chi connectivity index (χ0n) is 34.1. The fourth-order valence-corrected chi connectivity index (χ4v) is 8.41. The van der Waals surface area contributed by atoms with E-state index < -0.39 is 87.7 Å². The number of methoxy groups -OCH3 is 1. The SMILES string of the molecule is COC(=O)[C@@H]1CO[C@](CC(=O)O)(Oc2ccc(CO[Si](C)(C)C(C)(C)C)cc2OCCNC(=O)OCC2c3ccccc3-c3ccccc32)[C@@H](CC(=O)O)[C@@H]1CC(=O)O. The van der Waals surface area contributed by atoms with Gasteiger partial charge in [-0.15, -0.1) is 0 Å². The van der Waals surface area contributed by atoms with Crippen molar-refractivity contribution in [3.8, 4) is 22.6 Å². The molecule has 4 N–H and O–H groups in total. The van der Waals surface area contributed by atoms with Crippen molar-refractivity contribution in [2.45, 2.75) is 76.5 Å². The van der Waals surface area contributed by atoms with Gasteiger partial charge in [0.25, 0.3) is 0 Å². The number of benzene rings is 3. The molecular formula is C43H53NO14Si. The smallest absolute Gasteiger partial charge is 0.407 e. The van der Waals surface area contributed by atoms with Crippen molar-refractivity contribution >= 4 is 38.3 Å². The number of amides is 1. The molecule has 0 bridgehead atoms. The molecule has 0 saturated carbocycles. The Bertz CT molecular complexity index is 1980. The van der Waals surface area contributed by atoms with Gasteiger partial charge in [-0.3, -0.25) is 19.2 Å². The molecule has 0 radical (unpaired) electrons. The van der Waals surface area contributed by atoms with Crippen molar-refractivity contribution in [1.82, 2.24) is 5.32 Å². The number of aliphatic carboxylic acids is 3. The molecule has 3 aromatic rings. The van der Waals surface area contributed by atoms with Crippen LogP contribution in [0.4, 0.5) is 4.79 Å². The summed E-state index contributed by atoms with van der Waals surface area (Å²) in [5.74, 6) is -11.3. The minimum absolute atomic E-state index is 0.0132. The molecule has 318 valence electrons. The van der Waals surface area contributed by atoms with Crippen LogP contribution in [0, 0.1) is 17.8 Å². The maximum Gasteiger partial charge on any atom is 0.407 e. The van der Waals surface area contributed by atoms with Crippen molar-refractivity contribution in [1.29, 1.82) is 0 Å². The topological polar surface area (TPSA) is 213 Å². The summed E-state index contributed by atoms with van der Waals surface area (Å²) >= 11 is 0. The fourth-order valence-electron chi connectivity index (χ4n) is 7.45. The van der Waals surface area contributed by atoms with Gasteiger partial charge in [-0.2, -0.15) is 0 Å². The number of rotatable bonds is 18. The van der Waals surface area contributed by atoms with Crippen LogP contribution in [0.25, 0.3) is 11.1 Å². The highest BCUT2D eigenvalue weighted by atomic mass is 28.4. The van der Waals surface area contributed by atoms with E-state index in [2.05, 4.69) is 39.2 Å². The number of esters is 1. The third kappa shape index (κ3) is 10.6. The highest BCUT2D eigenvalue weighted by molar-refractivity contribution is 6.74. The summed E-state index contributed by atoms with van der Waals surface area (Å²) in [6.45, 7) is 10.2. The average molecular weight is 836 g/mol. The lowest BCUT2D eigenvalue weighted by Crippen LogP contribution is -2.59. The lowest BCUT2D eigenvalue weighted by Gasteiger charge is -2.48. The molecular weight excluding hydrogens is 783 g/mol. The first-order valence-corrected chi connectivity index (χ1v) is 22.3. The third-order valence-electron chi connectivity index (χ3n) is 11.5. The van der Waals surface area contributed by atoms with Gasteiger partial charge in [0.15, 0.2) is 19.8 Å². The summed E-state index contributed by atoms with van der Waals surface area (Å²) in [7, 11) is -1.11. The number of carboxylic acid groups (broad SMARTS) is 3. The number of nitrogens with one attached hydrogen (secondary N) is 1. The summed E-state index contributed by atoms with van der Waals surface area (Å²) in [5, 5.41) is 32.5. The minimum atomic E-state index is -2.26. The summed E-state index contributed by atoms with van der Waals surface area (Å²) in [6, 6.07) is 20.8. The molecule has 0 aromatic heterocycles. The van der Waals surface area contributed by atoms with Gasteiger partial charge in [0.2, 0.25) is 5.79 Å². The van der Waals surface area contributed by atoms with E-state index in [1.54, 1.807) is 12.1 Å². The Labute approximate surface area is 344 Å².